The van der Waals surface area contributed by atoms with Gasteiger partial charge in [0.2, 0.25) is 0 Å². The van der Waals surface area contributed by atoms with Crippen LogP contribution in [-0.2, 0) is 13.2 Å². The van der Waals surface area contributed by atoms with E-state index in [-0.39, 0.29) is 0 Å². The summed E-state index contributed by atoms with van der Waals surface area (Å²) in [6, 6.07) is 18.1. The van der Waals surface area contributed by atoms with E-state index in [0.29, 0.717) is 24.8 Å². The lowest BCUT2D eigenvalue weighted by atomic mass is 10.1. The monoisotopic (exact) mass is 585 g/mol. The first-order valence-corrected chi connectivity index (χ1v) is 11.5. The van der Waals surface area contributed by atoms with E-state index in [1.54, 1.807) is 0 Å². The zero-order valence-electron chi connectivity index (χ0n) is 16.3. The Morgan fingerprint density at radius 3 is 2.59 bits per heavy atom. The van der Waals surface area contributed by atoms with Crippen molar-refractivity contribution in [1.29, 1.82) is 0 Å². The van der Waals surface area contributed by atoms with E-state index in [4.69, 9.17) is 21.1 Å². The van der Waals surface area contributed by atoms with Gasteiger partial charge in [-0.3, -0.25) is 0 Å². The fourth-order valence-corrected chi connectivity index (χ4v) is 4.40. The third-order valence-electron chi connectivity index (χ3n) is 4.37. The molecule has 0 atom stereocenters. The minimum atomic E-state index is 0.394. The normalized spacial score (nSPS) is 10.7. The average Bonchev–Trinajstić information content (AvgIpc) is 2.68. The fourth-order valence-electron chi connectivity index (χ4n) is 2.91. The standard InChI is InChI=1S/C23H22BrClINO2/c1-3-28-22-12-16(13-27-21-9-8-18(24)10-15(21)2)11-20(26)23(22)29-14-17-6-4-5-7-19(17)25/h4-12,27H,3,13-14H2,1-2H3. The summed E-state index contributed by atoms with van der Waals surface area (Å²) < 4.78 is 14.0. The minimum Gasteiger partial charge on any atom is -0.490 e. The van der Waals surface area contributed by atoms with E-state index in [0.717, 1.165) is 36.4 Å². The Bertz CT molecular complexity index is 997. The average molecular weight is 587 g/mol. The number of hydrogen-bond acceptors (Lipinski definition) is 3. The molecular formula is C23H22BrClINO2. The predicted molar refractivity (Wildman–Crippen MR) is 132 cm³/mol. The first-order valence-electron chi connectivity index (χ1n) is 9.29. The van der Waals surface area contributed by atoms with Gasteiger partial charge in [0.15, 0.2) is 11.5 Å². The van der Waals surface area contributed by atoms with Crippen molar-refractivity contribution in [2.75, 3.05) is 11.9 Å². The molecule has 0 radical (unpaired) electrons. The van der Waals surface area contributed by atoms with E-state index in [9.17, 15) is 0 Å². The van der Waals surface area contributed by atoms with Gasteiger partial charge in [-0.05, 0) is 84.0 Å². The van der Waals surface area contributed by atoms with E-state index in [2.05, 4.69) is 69.0 Å². The van der Waals surface area contributed by atoms with E-state index in [1.807, 2.05) is 43.3 Å². The maximum atomic E-state index is 6.25. The van der Waals surface area contributed by atoms with E-state index in [1.165, 1.54) is 5.56 Å². The van der Waals surface area contributed by atoms with Crippen LogP contribution in [0.1, 0.15) is 23.6 Å². The molecule has 3 nitrogen and oxygen atoms in total. The summed E-state index contributed by atoms with van der Waals surface area (Å²) in [6.07, 6.45) is 0. The van der Waals surface area contributed by atoms with Gasteiger partial charge in [0.05, 0.1) is 10.2 Å². The summed E-state index contributed by atoms with van der Waals surface area (Å²) in [4.78, 5) is 0. The van der Waals surface area contributed by atoms with Gasteiger partial charge >= 0.3 is 0 Å². The number of aryl methyl sites for hydroxylation is 1. The van der Waals surface area contributed by atoms with Crippen LogP contribution >= 0.6 is 50.1 Å². The van der Waals surface area contributed by atoms with Crippen molar-refractivity contribution in [3.63, 3.8) is 0 Å². The van der Waals surface area contributed by atoms with Gasteiger partial charge in [0, 0.05) is 27.3 Å². The lowest BCUT2D eigenvalue weighted by Crippen LogP contribution is -2.05. The van der Waals surface area contributed by atoms with Crippen LogP contribution in [0.4, 0.5) is 5.69 Å². The summed E-state index contributed by atoms with van der Waals surface area (Å²) in [6.45, 7) is 5.73. The highest BCUT2D eigenvalue weighted by atomic mass is 127. The SMILES string of the molecule is CCOc1cc(CNc2ccc(Br)cc2C)cc(I)c1OCc1ccccc1Cl. The number of anilines is 1. The Labute approximate surface area is 199 Å². The maximum Gasteiger partial charge on any atom is 0.174 e. The highest BCUT2D eigenvalue weighted by molar-refractivity contribution is 14.1. The lowest BCUT2D eigenvalue weighted by Gasteiger charge is -2.17. The van der Waals surface area contributed by atoms with Crippen LogP contribution in [0, 0.1) is 10.5 Å². The number of hydrogen-bond donors (Lipinski definition) is 1. The maximum absolute atomic E-state index is 6.25. The summed E-state index contributed by atoms with van der Waals surface area (Å²) in [5, 5.41) is 4.20. The fraction of sp³-hybridized carbons (Fsp3) is 0.217. The number of halogens is 3. The molecule has 0 unspecified atom stereocenters. The molecule has 0 aliphatic rings. The molecule has 0 amide bonds. The number of benzene rings is 3. The van der Waals surface area contributed by atoms with Crippen LogP contribution in [0.5, 0.6) is 11.5 Å². The van der Waals surface area contributed by atoms with Crippen molar-refractivity contribution in [2.24, 2.45) is 0 Å². The second-order valence-corrected chi connectivity index (χ2v) is 9.02. The largest absolute Gasteiger partial charge is 0.490 e. The van der Waals surface area contributed by atoms with Gasteiger partial charge in [0.1, 0.15) is 6.61 Å². The highest BCUT2D eigenvalue weighted by Gasteiger charge is 2.13. The molecule has 3 aromatic rings. The van der Waals surface area contributed by atoms with Crippen LogP contribution in [-0.4, -0.2) is 6.61 Å². The van der Waals surface area contributed by atoms with Crippen molar-refractivity contribution in [2.45, 2.75) is 27.0 Å². The molecule has 3 aromatic carbocycles. The Hall–Kier alpha value is -1.44. The van der Waals surface area contributed by atoms with Crippen molar-refractivity contribution in [1.82, 2.24) is 0 Å². The molecule has 1 N–H and O–H groups in total. The van der Waals surface area contributed by atoms with Crippen molar-refractivity contribution in [3.8, 4) is 11.5 Å². The third-order valence-corrected chi connectivity index (χ3v) is 6.03. The van der Waals surface area contributed by atoms with E-state index >= 15 is 0 Å². The zero-order valence-corrected chi connectivity index (χ0v) is 20.8. The quantitative estimate of drug-likeness (QED) is 0.276. The van der Waals surface area contributed by atoms with Gasteiger partial charge in [-0.25, -0.2) is 0 Å². The lowest BCUT2D eigenvalue weighted by molar-refractivity contribution is 0.267. The summed E-state index contributed by atoms with van der Waals surface area (Å²) in [5.74, 6) is 1.49. The second kappa shape index (κ2) is 10.5. The Morgan fingerprint density at radius 1 is 1.07 bits per heavy atom. The van der Waals surface area contributed by atoms with Gasteiger partial charge in [-0.2, -0.15) is 0 Å². The number of ether oxygens (including phenoxy) is 2. The smallest absolute Gasteiger partial charge is 0.174 e. The molecular weight excluding hydrogens is 565 g/mol. The molecule has 0 fully saturated rings. The summed E-state index contributed by atoms with van der Waals surface area (Å²) >= 11 is 12.1. The molecule has 6 heteroatoms. The number of rotatable bonds is 8. The van der Waals surface area contributed by atoms with Crippen molar-refractivity contribution in [3.05, 3.63) is 84.4 Å². The molecule has 0 aromatic heterocycles. The van der Waals surface area contributed by atoms with Gasteiger partial charge in [0.25, 0.3) is 0 Å². The van der Waals surface area contributed by atoms with E-state index < -0.39 is 0 Å². The molecule has 3 rings (SSSR count). The molecule has 0 saturated heterocycles. The van der Waals surface area contributed by atoms with Gasteiger partial charge in [-0.15, -0.1) is 0 Å². The molecule has 0 bridgehead atoms. The van der Waals surface area contributed by atoms with Crippen LogP contribution in [0.2, 0.25) is 5.02 Å². The zero-order chi connectivity index (χ0) is 20.8. The highest BCUT2D eigenvalue weighted by Crippen LogP contribution is 2.35. The van der Waals surface area contributed by atoms with Crippen LogP contribution in [0.15, 0.2) is 59.1 Å². The molecule has 0 spiro atoms. The second-order valence-electron chi connectivity index (χ2n) is 6.53. The summed E-state index contributed by atoms with van der Waals surface area (Å²) in [5.41, 5.74) is 4.38. The van der Waals surface area contributed by atoms with Crippen LogP contribution in [0.3, 0.4) is 0 Å². The molecule has 0 heterocycles. The first-order chi connectivity index (χ1) is 14.0. The number of nitrogens with one attached hydrogen (secondary N) is 1. The molecule has 0 aliphatic carbocycles. The predicted octanol–water partition coefficient (Wildman–Crippen LogP) is 7.61. The van der Waals surface area contributed by atoms with Crippen LogP contribution < -0.4 is 14.8 Å². The molecule has 29 heavy (non-hydrogen) atoms. The Morgan fingerprint density at radius 2 is 1.86 bits per heavy atom. The topological polar surface area (TPSA) is 30.5 Å². The first kappa shape index (κ1) is 22.2. The Balaban J connectivity index is 1.77. The van der Waals surface area contributed by atoms with Crippen molar-refractivity contribution < 1.29 is 9.47 Å². The van der Waals surface area contributed by atoms with Gasteiger partial charge in [-0.1, -0.05) is 45.7 Å². The molecule has 152 valence electrons. The minimum absolute atomic E-state index is 0.394. The van der Waals surface area contributed by atoms with Crippen LogP contribution in [0.25, 0.3) is 0 Å². The Kier molecular flexibility index (Phi) is 8.09. The van der Waals surface area contributed by atoms with Gasteiger partial charge < -0.3 is 14.8 Å². The summed E-state index contributed by atoms with van der Waals surface area (Å²) in [7, 11) is 0. The van der Waals surface area contributed by atoms with Crippen molar-refractivity contribution >= 4 is 55.8 Å². The molecule has 0 saturated carbocycles. The molecule has 0 aliphatic heterocycles. The third kappa shape index (κ3) is 6.03.